The monoisotopic (exact) mass is 356 g/mol. The van der Waals surface area contributed by atoms with Crippen molar-refractivity contribution < 1.29 is 13.9 Å². The lowest BCUT2D eigenvalue weighted by Gasteiger charge is -2.20. The first-order valence-corrected chi connectivity index (χ1v) is 7.36. The van der Waals surface area contributed by atoms with E-state index >= 15 is 0 Å². The van der Waals surface area contributed by atoms with Gasteiger partial charge >= 0.3 is 0 Å². The van der Waals surface area contributed by atoms with Crippen molar-refractivity contribution in [1.82, 2.24) is 0 Å². The summed E-state index contributed by atoms with van der Waals surface area (Å²) in [5, 5.41) is -0.446. The van der Waals surface area contributed by atoms with Crippen LogP contribution in [-0.2, 0) is 0 Å². The summed E-state index contributed by atoms with van der Waals surface area (Å²) in [6.45, 7) is 1.07. The summed E-state index contributed by atoms with van der Waals surface area (Å²) in [4.78, 5) is 0. The normalized spacial score (nSPS) is 14.9. The zero-order chi connectivity index (χ0) is 14.1. The summed E-state index contributed by atoms with van der Waals surface area (Å²) in [5.41, 5.74) is 1.53. The molecule has 5 heteroatoms. The third-order valence-electron chi connectivity index (χ3n) is 3.04. The minimum absolute atomic E-state index is 0.322. The molecule has 2 nitrogen and oxygen atoms in total. The minimum Gasteiger partial charge on any atom is -0.486 e. The first-order valence-electron chi connectivity index (χ1n) is 6.13. The summed E-state index contributed by atoms with van der Waals surface area (Å²) in [7, 11) is 0. The molecule has 3 rings (SSSR count). The van der Waals surface area contributed by atoms with E-state index in [1.807, 2.05) is 18.2 Å². The van der Waals surface area contributed by atoms with Crippen molar-refractivity contribution in [3.05, 3.63) is 57.8 Å². The Morgan fingerprint density at radius 3 is 2.50 bits per heavy atom. The molecule has 0 aromatic heterocycles. The Morgan fingerprint density at radius 2 is 1.75 bits per heavy atom. The molecule has 0 amide bonds. The summed E-state index contributed by atoms with van der Waals surface area (Å²) in [6, 6.07) is 10.2. The van der Waals surface area contributed by atoms with Crippen LogP contribution in [0.4, 0.5) is 4.39 Å². The predicted molar refractivity (Wildman–Crippen MR) is 79.2 cm³/mol. The number of ether oxygens (including phenoxy) is 2. The Labute approximate surface area is 129 Å². The van der Waals surface area contributed by atoms with E-state index in [0.717, 1.165) is 5.56 Å². The Bertz CT molecular complexity index is 628. The molecule has 2 aromatic carbocycles. The summed E-state index contributed by atoms with van der Waals surface area (Å²) < 4.78 is 25.1. The Kier molecular flexibility index (Phi) is 3.85. The summed E-state index contributed by atoms with van der Waals surface area (Å²) in [5.74, 6) is 1.07. The van der Waals surface area contributed by atoms with Crippen LogP contribution in [0.1, 0.15) is 16.5 Å². The van der Waals surface area contributed by atoms with Crippen molar-refractivity contribution in [3.63, 3.8) is 0 Å². The van der Waals surface area contributed by atoms with E-state index in [1.54, 1.807) is 6.07 Å². The first kappa shape index (κ1) is 13.7. The van der Waals surface area contributed by atoms with Crippen LogP contribution in [0.25, 0.3) is 0 Å². The van der Waals surface area contributed by atoms with Crippen LogP contribution in [0, 0.1) is 5.82 Å². The maximum atomic E-state index is 13.4. The largest absolute Gasteiger partial charge is 0.486 e. The number of benzene rings is 2. The molecule has 1 heterocycles. The van der Waals surface area contributed by atoms with Crippen molar-refractivity contribution in [3.8, 4) is 11.5 Å². The molecule has 0 saturated carbocycles. The van der Waals surface area contributed by atoms with Gasteiger partial charge in [0.25, 0.3) is 0 Å². The molecule has 1 aliphatic rings. The molecular formula is C15H11BrClFO2. The fourth-order valence-corrected chi connectivity index (χ4v) is 2.88. The molecule has 1 atom stereocenters. The van der Waals surface area contributed by atoms with Crippen molar-refractivity contribution in [2.45, 2.75) is 5.38 Å². The van der Waals surface area contributed by atoms with E-state index in [1.165, 1.54) is 12.1 Å². The number of halogens is 3. The molecule has 0 spiro atoms. The predicted octanol–water partition coefficient (Wildman–Crippen LogP) is 4.69. The van der Waals surface area contributed by atoms with Gasteiger partial charge in [0.2, 0.25) is 0 Å². The lowest BCUT2D eigenvalue weighted by atomic mass is 10.0. The van der Waals surface area contributed by atoms with E-state index in [0.29, 0.717) is 34.7 Å². The number of hydrogen-bond acceptors (Lipinski definition) is 2. The average molecular weight is 358 g/mol. The van der Waals surface area contributed by atoms with Gasteiger partial charge < -0.3 is 9.47 Å². The fourth-order valence-electron chi connectivity index (χ4n) is 2.13. The Balaban J connectivity index is 1.95. The van der Waals surface area contributed by atoms with E-state index in [9.17, 15) is 4.39 Å². The number of hydrogen-bond donors (Lipinski definition) is 0. The quantitative estimate of drug-likeness (QED) is 0.726. The van der Waals surface area contributed by atoms with Crippen LogP contribution >= 0.6 is 27.5 Å². The highest BCUT2D eigenvalue weighted by molar-refractivity contribution is 9.10. The van der Waals surface area contributed by atoms with Gasteiger partial charge in [-0.3, -0.25) is 0 Å². The molecule has 0 saturated heterocycles. The van der Waals surface area contributed by atoms with Crippen molar-refractivity contribution in [2.75, 3.05) is 13.2 Å². The smallest absolute Gasteiger partial charge is 0.161 e. The summed E-state index contributed by atoms with van der Waals surface area (Å²) >= 11 is 9.70. The van der Waals surface area contributed by atoms with Gasteiger partial charge in [0.05, 0.1) is 5.38 Å². The van der Waals surface area contributed by atoms with Gasteiger partial charge in [-0.25, -0.2) is 4.39 Å². The van der Waals surface area contributed by atoms with Crippen molar-refractivity contribution in [2.24, 2.45) is 0 Å². The highest BCUT2D eigenvalue weighted by atomic mass is 79.9. The SMILES string of the molecule is Fc1cc(Br)cc(C(Cl)c2ccc3c(c2)OCCO3)c1. The van der Waals surface area contributed by atoms with Crippen LogP contribution in [0.5, 0.6) is 11.5 Å². The standard InChI is InChI=1S/C15H11BrClFO2/c16-11-5-10(6-12(18)8-11)15(17)9-1-2-13-14(7-9)20-4-3-19-13/h1-2,5-8,15H,3-4H2. The highest BCUT2D eigenvalue weighted by Gasteiger charge is 2.17. The molecule has 20 heavy (non-hydrogen) atoms. The van der Waals surface area contributed by atoms with Crippen molar-refractivity contribution >= 4 is 27.5 Å². The number of fused-ring (bicyclic) bond motifs is 1. The van der Waals surface area contributed by atoms with Gasteiger partial charge in [0, 0.05) is 4.47 Å². The fraction of sp³-hybridized carbons (Fsp3) is 0.200. The highest BCUT2D eigenvalue weighted by Crippen LogP contribution is 2.37. The van der Waals surface area contributed by atoms with E-state index in [-0.39, 0.29) is 5.82 Å². The summed E-state index contributed by atoms with van der Waals surface area (Å²) in [6.07, 6.45) is 0. The third kappa shape index (κ3) is 2.76. The van der Waals surface area contributed by atoms with E-state index < -0.39 is 5.38 Å². The maximum Gasteiger partial charge on any atom is 0.161 e. The molecule has 0 bridgehead atoms. The van der Waals surface area contributed by atoms with Gasteiger partial charge in [0.1, 0.15) is 19.0 Å². The van der Waals surface area contributed by atoms with Gasteiger partial charge in [-0.15, -0.1) is 11.6 Å². The average Bonchev–Trinajstić information content (AvgIpc) is 2.45. The molecule has 0 aliphatic carbocycles. The minimum atomic E-state index is -0.446. The lowest BCUT2D eigenvalue weighted by molar-refractivity contribution is 0.171. The maximum absolute atomic E-state index is 13.4. The zero-order valence-electron chi connectivity index (χ0n) is 10.4. The third-order valence-corrected chi connectivity index (χ3v) is 4.00. The molecule has 2 aromatic rings. The van der Waals surface area contributed by atoms with Crippen LogP contribution < -0.4 is 9.47 Å². The van der Waals surface area contributed by atoms with Crippen LogP contribution in [0.2, 0.25) is 0 Å². The number of alkyl halides is 1. The lowest BCUT2D eigenvalue weighted by Crippen LogP contribution is -2.15. The Morgan fingerprint density at radius 1 is 1.00 bits per heavy atom. The van der Waals surface area contributed by atoms with Crippen molar-refractivity contribution in [1.29, 1.82) is 0 Å². The second-order valence-electron chi connectivity index (χ2n) is 4.47. The van der Waals surface area contributed by atoms with Gasteiger partial charge in [-0.05, 0) is 41.5 Å². The van der Waals surface area contributed by atoms with Gasteiger partial charge in [0.15, 0.2) is 11.5 Å². The molecule has 0 radical (unpaired) electrons. The van der Waals surface area contributed by atoms with Crippen LogP contribution in [-0.4, -0.2) is 13.2 Å². The van der Waals surface area contributed by atoms with E-state index in [4.69, 9.17) is 21.1 Å². The van der Waals surface area contributed by atoms with Gasteiger partial charge in [-0.2, -0.15) is 0 Å². The molecule has 1 unspecified atom stereocenters. The van der Waals surface area contributed by atoms with Crippen LogP contribution in [0.15, 0.2) is 40.9 Å². The van der Waals surface area contributed by atoms with E-state index in [2.05, 4.69) is 15.9 Å². The first-order chi connectivity index (χ1) is 9.63. The topological polar surface area (TPSA) is 18.5 Å². The zero-order valence-corrected chi connectivity index (χ0v) is 12.7. The molecular weight excluding hydrogens is 347 g/mol. The Hall–Kier alpha value is -1.26. The van der Waals surface area contributed by atoms with Gasteiger partial charge in [-0.1, -0.05) is 22.0 Å². The second-order valence-corrected chi connectivity index (χ2v) is 5.82. The molecule has 1 aliphatic heterocycles. The molecule has 104 valence electrons. The second kappa shape index (κ2) is 5.62. The number of rotatable bonds is 2. The van der Waals surface area contributed by atoms with Crippen LogP contribution in [0.3, 0.4) is 0 Å². The molecule has 0 N–H and O–H groups in total. The molecule has 0 fully saturated rings.